The number of aryl methyl sites for hydroxylation is 1. The lowest BCUT2D eigenvalue weighted by Gasteiger charge is -2.14. The number of hydrogen-bond acceptors (Lipinski definition) is 0. The minimum atomic E-state index is -4.33. The standard InChI is InChI=1S/C14H10F3I/c1-9-6-7-11(13(18)8-9)10-4-2-3-5-12(10)14(15,16)17/h2-8H,1H3. The summed E-state index contributed by atoms with van der Waals surface area (Å²) in [5.74, 6) is 0. The number of halogens is 4. The van der Waals surface area contributed by atoms with Crippen LogP contribution in [0.3, 0.4) is 0 Å². The Kier molecular flexibility index (Phi) is 3.66. The Morgan fingerprint density at radius 2 is 1.61 bits per heavy atom. The molecule has 0 bridgehead atoms. The molecule has 0 aromatic heterocycles. The van der Waals surface area contributed by atoms with Gasteiger partial charge in [0.05, 0.1) is 5.56 Å². The molecule has 0 fully saturated rings. The van der Waals surface area contributed by atoms with Crippen LogP contribution in [0, 0.1) is 10.5 Å². The van der Waals surface area contributed by atoms with Gasteiger partial charge in [-0.15, -0.1) is 0 Å². The van der Waals surface area contributed by atoms with Crippen molar-refractivity contribution in [3.05, 3.63) is 57.2 Å². The Balaban J connectivity index is 2.64. The molecule has 94 valence electrons. The smallest absolute Gasteiger partial charge is 0.166 e. The Bertz CT molecular complexity index is 573. The molecule has 0 radical (unpaired) electrons. The van der Waals surface area contributed by atoms with Gasteiger partial charge < -0.3 is 0 Å². The molecule has 2 aromatic rings. The Hall–Kier alpha value is -1.04. The van der Waals surface area contributed by atoms with E-state index in [1.807, 2.05) is 19.1 Å². The van der Waals surface area contributed by atoms with E-state index in [-0.39, 0.29) is 5.56 Å². The van der Waals surface area contributed by atoms with Gasteiger partial charge in [-0.2, -0.15) is 13.2 Å². The zero-order chi connectivity index (χ0) is 13.3. The molecule has 2 rings (SSSR count). The lowest BCUT2D eigenvalue weighted by atomic mass is 9.98. The van der Waals surface area contributed by atoms with Gasteiger partial charge in [-0.1, -0.05) is 35.9 Å². The van der Waals surface area contributed by atoms with E-state index < -0.39 is 11.7 Å². The predicted octanol–water partition coefficient (Wildman–Crippen LogP) is 5.29. The molecule has 0 saturated carbocycles. The summed E-state index contributed by atoms with van der Waals surface area (Å²) in [5.41, 5.74) is 1.29. The summed E-state index contributed by atoms with van der Waals surface area (Å²) >= 11 is 2.07. The first kappa shape index (κ1) is 13.4. The van der Waals surface area contributed by atoms with E-state index in [2.05, 4.69) is 22.6 Å². The predicted molar refractivity (Wildman–Crippen MR) is 74.3 cm³/mol. The second-order valence-corrected chi connectivity index (χ2v) is 5.19. The molecule has 2 aromatic carbocycles. The van der Waals surface area contributed by atoms with Gasteiger partial charge in [0.1, 0.15) is 0 Å². The highest BCUT2D eigenvalue weighted by Gasteiger charge is 2.33. The molecule has 0 heterocycles. The lowest BCUT2D eigenvalue weighted by Crippen LogP contribution is -2.07. The first-order valence-corrected chi connectivity index (χ1v) is 6.40. The van der Waals surface area contributed by atoms with Crippen molar-refractivity contribution in [2.24, 2.45) is 0 Å². The van der Waals surface area contributed by atoms with E-state index in [0.717, 1.165) is 15.2 Å². The van der Waals surface area contributed by atoms with E-state index in [9.17, 15) is 13.2 Å². The fraction of sp³-hybridized carbons (Fsp3) is 0.143. The minimum absolute atomic E-state index is 0.231. The number of rotatable bonds is 1. The summed E-state index contributed by atoms with van der Waals surface area (Å²) < 4.78 is 39.7. The highest BCUT2D eigenvalue weighted by atomic mass is 127. The molecule has 0 N–H and O–H groups in total. The monoisotopic (exact) mass is 362 g/mol. The summed E-state index contributed by atoms with van der Waals surface area (Å²) in [6, 6.07) is 11.1. The van der Waals surface area contributed by atoms with Crippen LogP contribution in [-0.4, -0.2) is 0 Å². The zero-order valence-corrected chi connectivity index (χ0v) is 11.7. The zero-order valence-electron chi connectivity index (χ0n) is 9.55. The molecule has 0 spiro atoms. The summed E-state index contributed by atoms with van der Waals surface area (Å²) in [6.45, 7) is 1.92. The molecule has 0 atom stereocenters. The topological polar surface area (TPSA) is 0 Å². The van der Waals surface area contributed by atoms with Crippen LogP contribution in [0.4, 0.5) is 13.2 Å². The minimum Gasteiger partial charge on any atom is -0.166 e. The van der Waals surface area contributed by atoms with Crippen molar-refractivity contribution in [3.63, 3.8) is 0 Å². The van der Waals surface area contributed by atoms with Gasteiger partial charge in [0.2, 0.25) is 0 Å². The Labute approximate surface area is 117 Å². The van der Waals surface area contributed by atoms with Crippen molar-refractivity contribution in [1.82, 2.24) is 0 Å². The molecular weight excluding hydrogens is 352 g/mol. The summed E-state index contributed by atoms with van der Waals surface area (Å²) in [5, 5.41) is 0. The van der Waals surface area contributed by atoms with Crippen LogP contribution >= 0.6 is 22.6 Å². The van der Waals surface area contributed by atoms with Crippen molar-refractivity contribution in [2.75, 3.05) is 0 Å². The molecule has 4 heteroatoms. The SMILES string of the molecule is Cc1ccc(-c2ccccc2C(F)(F)F)c(I)c1. The second kappa shape index (κ2) is 4.91. The van der Waals surface area contributed by atoms with Gasteiger partial charge in [-0.3, -0.25) is 0 Å². The van der Waals surface area contributed by atoms with Gasteiger partial charge in [-0.05, 0) is 52.8 Å². The van der Waals surface area contributed by atoms with E-state index >= 15 is 0 Å². The van der Waals surface area contributed by atoms with Crippen LogP contribution in [0.25, 0.3) is 11.1 Å². The maximum Gasteiger partial charge on any atom is 0.417 e. The van der Waals surface area contributed by atoms with E-state index in [0.29, 0.717) is 5.56 Å². The molecule has 0 nitrogen and oxygen atoms in total. The molecule has 0 aliphatic heterocycles. The normalized spacial score (nSPS) is 11.6. The number of benzene rings is 2. The second-order valence-electron chi connectivity index (χ2n) is 4.03. The first-order valence-electron chi connectivity index (χ1n) is 5.32. The van der Waals surface area contributed by atoms with Crippen LogP contribution in [0.1, 0.15) is 11.1 Å². The van der Waals surface area contributed by atoms with Crippen LogP contribution < -0.4 is 0 Å². The van der Waals surface area contributed by atoms with Crippen LogP contribution in [0.5, 0.6) is 0 Å². The lowest BCUT2D eigenvalue weighted by molar-refractivity contribution is -0.137. The molecular formula is C14H10F3I. The number of hydrogen-bond donors (Lipinski definition) is 0. The third-order valence-electron chi connectivity index (χ3n) is 2.65. The maximum atomic E-state index is 12.9. The molecule has 0 aliphatic carbocycles. The van der Waals surface area contributed by atoms with Crippen molar-refractivity contribution < 1.29 is 13.2 Å². The van der Waals surface area contributed by atoms with Crippen molar-refractivity contribution in [1.29, 1.82) is 0 Å². The molecule has 0 unspecified atom stereocenters. The van der Waals surface area contributed by atoms with Crippen molar-refractivity contribution in [3.8, 4) is 11.1 Å². The van der Waals surface area contributed by atoms with Gasteiger partial charge in [-0.25, -0.2) is 0 Å². The van der Waals surface area contributed by atoms with E-state index in [4.69, 9.17) is 0 Å². The third-order valence-corrected chi connectivity index (χ3v) is 3.54. The first-order chi connectivity index (χ1) is 8.39. The summed E-state index contributed by atoms with van der Waals surface area (Å²) in [4.78, 5) is 0. The average molecular weight is 362 g/mol. The van der Waals surface area contributed by atoms with E-state index in [1.165, 1.54) is 12.1 Å². The molecule has 18 heavy (non-hydrogen) atoms. The quantitative estimate of drug-likeness (QED) is 0.605. The number of alkyl halides is 3. The average Bonchev–Trinajstić information content (AvgIpc) is 2.28. The molecule has 0 aliphatic rings. The molecule has 0 amide bonds. The van der Waals surface area contributed by atoms with Crippen molar-refractivity contribution in [2.45, 2.75) is 13.1 Å². The highest BCUT2D eigenvalue weighted by molar-refractivity contribution is 14.1. The third kappa shape index (κ3) is 2.68. The van der Waals surface area contributed by atoms with E-state index in [1.54, 1.807) is 12.1 Å². The fourth-order valence-electron chi connectivity index (χ4n) is 1.80. The van der Waals surface area contributed by atoms with Crippen LogP contribution in [-0.2, 0) is 6.18 Å². The highest BCUT2D eigenvalue weighted by Crippen LogP contribution is 2.38. The van der Waals surface area contributed by atoms with Gasteiger partial charge in [0.15, 0.2) is 0 Å². The van der Waals surface area contributed by atoms with Gasteiger partial charge >= 0.3 is 6.18 Å². The van der Waals surface area contributed by atoms with Crippen LogP contribution in [0.15, 0.2) is 42.5 Å². The summed E-state index contributed by atoms with van der Waals surface area (Å²) in [7, 11) is 0. The van der Waals surface area contributed by atoms with Crippen molar-refractivity contribution >= 4 is 22.6 Å². The summed E-state index contributed by atoms with van der Waals surface area (Å²) in [6.07, 6.45) is -4.33. The fourth-order valence-corrected chi connectivity index (χ4v) is 2.77. The van der Waals surface area contributed by atoms with Gasteiger partial charge in [0.25, 0.3) is 0 Å². The molecule has 0 saturated heterocycles. The maximum absolute atomic E-state index is 12.9. The van der Waals surface area contributed by atoms with Crippen LogP contribution in [0.2, 0.25) is 0 Å². The Morgan fingerprint density at radius 3 is 2.22 bits per heavy atom. The van der Waals surface area contributed by atoms with Gasteiger partial charge in [0, 0.05) is 3.57 Å². The largest absolute Gasteiger partial charge is 0.417 e. The Morgan fingerprint density at radius 1 is 0.944 bits per heavy atom.